The molecule has 2 aliphatic carbocycles. The van der Waals surface area contributed by atoms with Crippen molar-refractivity contribution < 1.29 is 4.79 Å². The summed E-state index contributed by atoms with van der Waals surface area (Å²) in [6.45, 7) is 7.19. The molecule has 5 atom stereocenters. The number of allylic oxidation sites excluding steroid dienone is 2. The van der Waals surface area contributed by atoms with Gasteiger partial charge in [0.25, 0.3) is 0 Å². The molecule has 4 heteroatoms. The monoisotopic (exact) mass is 261 g/mol. The first kappa shape index (κ1) is 14.2. The summed E-state index contributed by atoms with van der Waals surface area (Å²) in [5, 5.41) is 9.17. The average Bonchev–Trinajstić information content (AvgIpc) is 2.39. The molecular formula is C15H23N3O. The fourth-order valence-corrected chi connectivity index (χ4v) is 4.16. The molecule has 1 saturated carbocycles. The van der Waals surface area contributed by atoms with Crippen molar-refractivity contribution >= 4 is 5.78 Å². The zero-order chi connectivity index (χ0) is 14.2. The molecule has 0 bridgehead atoms. The average molecular weight is 261 g/mol. The van der Waals surface area contributed by atoms with Gasteiger partial charge in [0.1, 0.15) is 6.07 Å². The van der Waals surface area contributed by atoms with Crippen LogP contribution in [0.1, 0.15) is 33.6 Å². The molecule has 0 aromatic carbocycles. The van der Waals surface area contributed by atoms with Gasteiger partial charge in [-0.25, -0.2) is 0 Å². The number of hydrogen-bond acceptors (Lipinski definition) is 4. The highest BCUT2D eigenvalue weighted by Crippen LogP contribution is 2.54. The van der Waals surface area contributed by atoms with E-state index in [9.17, 15) is 4.79 Å². The van der Waals surface area contributed by atoms with Crippen LogP contribution in [0.15, 0.2) is 11.6 Å². The van der Waals surface area contributed by atoms with Gasteiger partial charge in [-0.15, -0.1) is 0 Å². The maximum absolute atomic E-state index is 12.1. The third kappa shape index (κ3) is 2.11. The Labute approximate surface area is 115 Å². The molecule has 0 heterocycles. The minimum absolute atomic E-state index is 0.0209. The molecule has 0 spiro atoms. The Morgan fingerprint density at radius 1 is 1.53 bits per heavy atom. The topological polar surface area (TPSA) is 78.9 Å². The van der Waals surface area contributed by atoms with E-state index in [0.717, 1.165) is 19.4 Å². The highest BCUT2D eigenvalue weighted by atomic mass is 16.1. The SMILES string of the molecule is CC1C(CNN)CC[C@@H]2[C@@H](C)C(=O)C(C#N)=C[C@@]12C. The van der Waals surface area contributed by atoms with Crippen molar-refractivity contribution in [1.29, 1.82) is 5.26 Å². The van der Waals surface area contributed by atoms with Crippen molar-refractivity contribution in [3.63, 3.8) is 0 Å². The first-order valence-electron chi connectivity index (χ1n) is 7.06. The van der Waals surface area contributed by atoms with E-state index in [1.54, 1.807) is 0 Å². The van der Waals surface area contributed by atoms with Gasteiger partial charge in [0.15, 0.2) is 5.78 Å². The van der Waals surface area contributed by atoms with Crippen LogP contribution in [0, 0.1) is 40.4 Å². The molecule has 1 fully saturated rings. The molecular weight excluding hydrogens is 238 g/mol. The molecule has 2 unspecified atom stereocenters. The predicted molar refractivity (Wildman–Crippen MR) is 73.5 cm³/mol. The fraction of sp³-hybridized carbons (Fsp3) is 0.733. The lowest BCUT2D eigenvalue weighted by Crippen LogP contribution is -2.50. The first-order valence-corrected chi connectivity index (χ1v) is 7.06. The van der Waals surface area contributed by atoms with E-state index < -0.39 is 0 Å². The summed E-state index contributed by atoms with van der Waals surface area (Å²) in [5.74, 6) is 6.71. The summed E-state index contributed by atoms with van der Waals surface area (Å²) in [6, 6.07) is 2.08. The second kappa shape index (κ2) is 5.07. The summed E-state index contributed by atoms with van der Waals surface area (Å²) >= 11 is 0. The Morgan fingerprint density at radius 3 is 2.79 bits per heavy atom. The van der Waals surface area contributed by atoms with Crippen molar-refractivity contribution in [2.75, 3.05) is 6.54 Å². The molecule has 4 nitrogen and oxygen atoms in total. The van der Waals surface area contributed by atoms with Gasteiger partial charge in [0.2, 0.25) is 0 Å². The first-order chi connectivity index (χ1) is 8.95. The van der Waals surface area contributed by atoms with E-state index in [0.29, 0.717) is 23.3 Å². The van der Waals surface area contributed by atoms with Gasteiger partial charge in [-0.05, 0) is 36.0 Å². The Kier molecular flexibility index (Phi) is 3.80. The maximum Gasteiger partial charge on any atom is 0.176 e. The number of Topliss-reactive ketones (excluding diaryl/α,β-unsaturated/α-hetero) is 1. The van der Waals surface area contributed by atoms with Gasteiger partial charge < -0.3 is 0 Å². The van der Waals surface area contributed by atoms with Crippen LogP contribution < -0.4 is 11.3 Å². The number of carbonyl (C=O) groups excluding carboxylic acids is 1. The van der Waals surface area contributed by atoms with E-state index in [1.165, 1.54) is 0 Å². The van der Waals surface area contributed by atoms with Crippen LogP contribution in [0.5, 0.6) is 0 Å². The quantitative estimate of drug-likeness (QED) is 0.586. The number of carbonyl (C=O) groups is 1. The number of hydrazine groups is 1. The number of nitrogens with zero attached hydrogens (tertiary/aromatic N) is 1. The zero-order valence-corrected chi connectivity index (χ0v) is 11.9. The van der Waals surface area contributed by atoms with Gasteiger partial charge in [-0.1, -0.05) is 26.8 Å². The van der Waals surface area contributed by atoms with Crippen molar-refractivity contribution in [2.45, 2.75) is 33.6 Å². The largest absolute Gasteiger partial charge is 0.293 e. The third-order valence-corrected chi connectivity index (χ3v) is 5.57. The van der Waals surface area contributed by atoms with Crippen LogP contribution in [-0.2, 0) is 4.79 Å². The van der Waals surface area contributed by atoms with Crippen molar-refractivity contribution in [3.05, 3.63) is 11.6 Å². The Morgan fingerprint density at radius 2 is 2.21 bits per heavy atom. The van der Waals surface area contributed by atoms with E-state index in [2.05, 4.69) is 25.3 Å². The van der Waals surface area contributed by atoms with Gasteiger partial charge >= 0.3 is 0 Å². The van der Waals surface area contributed by atoms with E-state index >= 15 is 0 Å². The van der Waals surface area contributed by atoms with Crippen LogP contribution in [0.2, 0.25) is 0 Å². The second-order valence-corrected chi connectivity index (χ2v) is 6.33. The lowest BCUT2D eigenvalue weighted by molar-refractivity contribution is -0.125. The van der Waals surface area contributed by atoms with E-state index in [4.69, 9.17) is 11.1 Å². The fourth-order valence-electron chi connectivity index (χ4n) is 4.16. The van der Waals surface area contributed by atoms with Crippen LogP contribution in [0.25, 0.3) is 0 Å². The maximum atomic E-state index is 12.1. The number of ketones is 1. The minimum atomic E-state index is -0.0713. The van der Waals surface area contributed by atoms with Crippen LogP contribution >= 0.6 is 0 Å². The summed E-state index contributed by atoms with van der Waals surface area (Å²) in [6.07, 6.45) is 4.07. The van der Waals surface area contributed by atoms with Crippen molar-refractivity contribution in [1.82, 2.24) is 5.43 Å². The standard InChI is InChI=1S/C15H23N3O/c1-9-13-5-4-11(8-18-17)10(2)15(13,3)6-12(7-16)14(9)19/h6,9-11,13,18H,4-5,8,17H2,1-3H3/t9-,10?,11?,13-,15+/m1/s1. The molecule has 0 aromatic rings. The third-order valence-electron chi connectivity index (χ3n) is 5.57. The predicted octanol–water partition coefficient (Wildman–Crippen LogP) is 1.79. The lowest BCUT2D eigenvalue weighted by atomic mass is 9.52. The summed E-state index contributed by atoms with van der Waals surface area (Å²) in [4.78, 5) is 12.1. The number of fused-ring (bicyclic) bond motifs is 1. The summed E-state index contributed by atoms with van der Waals surface area (Å²) < 4.78 is 0. The molecule has 3 N–H and O–H groups in total. The highest BCUT2D eigenvalue weighted by Gasteiger charge is 2.51. The second-order valence-electron chi connectivity index (χ2n) is 6.33. The molecule has 0 amide bonds. The van der Waals surface area contributed by atoms with Gasteiger partial charge in [-0.3, -0.25) is 16.1 Å². The number of nitriles is 1. The number of rotatable bonds is 2. The van der Waals surface area contributed by atoms with Crippen molar-refractivity contribution in [3.8, 4) is 6.07 Å². The summed E-state index contributed by atoms with van der Waals surface area (Å²) in [5.41, 5.74) is 3.05. The molecule has 2 aliphatic rings. The minimum Gasteiger partial charge on any atom is -0.293 e. The Bertz CT molecular complexity index is 451. The summed E-state index contributed by atoms with van der Waals surface area (Å²) in [7, 11) is 0. The van der Waals surface area contributed by atoms with Crippen LogP contribution in [0.3, 0.4) is 0 Å². The molecule has 19 heavy (non-hydrogen) atoms. The molecule has 0 aromatic heterocycles. The Hall–Kier alpha value is -1.18. The number of hydrogen-bond donors (Lipinski definition) is 2. The van der Waals surface area contributed by atoms with Gasteiger partial charge in [0, 0.05) is 12.5 Å². The smallest absolute Gasteiger partial charge is 0.176 e. The van der Waals surface area contributed by atoms with Crippen molar-refractivity contribution in [2.24, 2.45) is 34.9 Å². The van der Waals surface area contributed by atoms with Gasteiger partial charge in [0.05, 0.1) is 5.57 Å². The molecule has 0 saturated heterocycles. The Balaban J connectivity index is 2.40. The number of nitrogens with one attached hydrogen (secondary N) is 1. The molecule has 0 radical (unpaired) electrons. The molecule has 2 rings (SSSR count). The normalized spacial score (nSPS) is 42.3. The number of nitrogens with two attached hydrogens (primary N) is 1. The molecule has 0 aliphatic heterocycles. The van der Waals surface area contributed by atoms with Crippen LogP contribution in [0.4, 0.5) is 0 Å². The highest BCUT2D eigenvalue weighted by molar-refractivity contribution is 6.01. The zero-order valence-electron chi connectivity index (χ0n) is 11.9. The van der Waals surface area contributed by atoms with E-state index in [1.807, 2.05) is 13.0 Å². The van der Waals surface area contributed by atoms with E-state index in [-0.39, 0.29) is 17.1 Å². The van der Waals surface area contributed by atoms with Crippen LogP contribution in [-0.4, -0.2) is 12.3 Å². The lowest BCUT2D eigenvalue weighted by Gasteiger charge is -2.52. The van der Waals surface area contributed by atoms with Gasteiger partial charge in [-0.2, -0.15) is 5.26 Å². The molecule has 104 valence electrons.